The van der Waals surface area contributed by atoms with Gasteiger partial charge in [-0.25, -0.2) is 0 Å². The molecule has 1 aromatic carbocycles. The molecule has 0 aliphatic carbocycles. The molecule has 0 saturated heterocycles. The van der Waals surface area contributed by atoms with E-state index in [0.29, 0.717) is 0 Å². The Labute approximate surface area is 72.6 Å². The van der Waals surface area contributed by atoms with Crippen molar-refractivity contribution in [3.63, 3.8) is 0 Å². The summed E-state index contributed by atoms with van der Waals surface area (Å²) in [5, 5.41) is 0. The van der Waals surface area contributed by atoms with Crippen molar-refractivity contribution in [3.8, 4) is 0 Å². The molecule has 0 nitrogen and oxygen atoms in total. The third kappa shape index (κ3) is 1.32. The maximum Gasteiger partial charge on any atom is 0.152 e. The van der Waals surface area contributed by atoms with Gasteiger partial charge in [-0.15, -0.1) is 11.8 Å². The number of benzene rings is 1. The fraction of sp³-hybridized carbons (Fsp3) is 0.333. The lowest BCUT2D eigenvalue weighted by Crippen LogP contribution is -2.09. The second-order valence-corrected chi connectivity index (χ2v) is 3.69. The molecular weight excluding hydrogens is 151 g/mol. The quantitative estimate of drug-likeness (QED) is 0.446. The van der Waals surface area contributed by atoms with Crippen LogP contribution in [0, 0.1) is 0 Å². The third-order valence-corrected chi connectivity index (χ3v) is 2.85. The Morgan fingerprint density at radius 3 is 3.18 bits per heavy atom. The Morgan fingerprint density at radius 1 is 1.45 bits per heavy atom. The number of rotatable bonds is 1. The molecule has 0 aromatic heterocycles. The van der Waals surface area contributed by atoms with Crippen molar-refractivity contribution in [3.05, 3.63) is 23.8 Å². The number of thioether (sulfide) groups is 1. The van der Waals surface area contributed by atoms with Gasteiger partial charge in [0, 0.05) is 4.90 Å². The van der Waals surface area contributed by atoms with E-state index in [1.165, 1.54) is 28.7 Å². The lowest BCUT2D eigenvalue weighted by Gasteiger charge is -2.00. The molecule has 1 heterocycles. The smallest absolute Gasteiger partial charge is 0.130 e. The lowest BCUT2D eigenvalue weighted by molar-refractivity contribution is 1.16. The second-order valence-electron chi connectivity index (χ2n) is 2.81. The van der Waals surface area contributed by atoms with Gasteiger partial charge in [0.1, 0.15) is 0 Å². The Morgan fingerprint density at radius 2 is 2.36 bits per heavy atom. The first-order chi connectivity index (χ1) is 5.40. The zero-order valence-electron chi connectivity index (χ0n) is 6.63. The first-order valence-corrected chi connectivity index (χ1v) is 5.13. The Balaban J connectivity index is 2.41. The molecule has 0 amide bonds. The molecular formula is C9H10BS. The van der Waals surface area contributed by atoms with Crippen LogP contribution in [0.2, 0.25) is 6.32 Å². The molecule has 1 aliphatic heterocycles. The monoisotopic (exact) mass is 161 g/mol. The summed E-state index contributed by atoms with van der Waals surface area (Å²) >= 11 is 1.82. The van der Waals surface area contributed by atoms with Crippen molar-refractivity contribution < 1.29 is 0 Å². The zero-order chi connectivity index (χ0) is 7.68. The van der Waals surface area contributed by atoms with E-state index in [4.69, 9.17) is 0 Å². The highest BCUT2D eigenvalue weighted by Crippen LogP contribution is 2.18. The Hall–Kier alpha value is -0.365. The van der Waals surface area contributed by atoms with Crippen LogP contribution in [-0.2, 0) is 6.42 Å². The fourth-order valence-corrected chi connectivity index (χ4v) is 1.97. The number of hydrogen-bond acceptors (Lipinski definition) is 1. The average Bonchev–Trinajstić information content (AvgIpc) is 2.50. The van der Waals surface area contributed by atoms with Crippen LogP contribution in [0.25, 0.3) is 0 Å². The van der Waals surface area contributed by atoms with Crippen LogP contribution < -0.4 is 5.46 Å². The van der Waals surface area contributed by atoms with Gasteiger partial charge in [0.25, 0.3) is 0 Å². The summed E-state index contributed by atoms with van der Waals surface area (Å²) < 4.78 is 0. The van der Waals surface area contributed by atoms with Crippen molar-refractivity contribution in [1.82, 2.24) is 0 Å². The van der Waals surface area contributed by atoms with E-state index < -0.39 is 0 Å². The van der Waals surface area contributed by atoms with Crippen molar-refractivity contribution >= 4 is 24.5 Å². The third-order valence-electron chi connectivity index (χ3n) is 2.13. The molecule has 0 fully saturated rings. The summed E-state index contributed by atoms with van der Waals surface area (Å²) in [4.78, 5) is 1.39. The summed E-state index contributed by atoms with van der Waals surface area (Å²) in [7, 11) is 2.32. The topological polar surface area (TPSA) is 0 Å². The van der Waals surface area contributed by atoms with Crippen LogP contribution in [0.5, 0.6) is 0 Å². The molecule has 0 N–H and O–H groups in total. The van der Waals surface area contributed by atoms with Crippen molar-refractivity contribution in [2.24, 2.45) is 0 Å². The summed E-state index contributed by atoms with van der Waals surface area (Å²) in [5.41, 5.74) is 2.97. The van der Waals surface area contributed by atoms with Gasteiger partial charge >= 0.3 is 0 Å². The van der Waals surface area contributed by atoms with E-state index in [9.17, 15) is 0 Å². The minimum Gasteiger partial charge on any atom is -0.130 e. The molecule has 2 rings (SSSR count). The molecule has 0 atom stereocenters. The van der Waals surface area contributed by atoms with Crippen LogP contribution in [0.3, 0.4) is 0 Å². The highest BCUT2D eigenvalue weighted by atomic mass is 32.2. The van der Waals surface area contributed by atoms with Gasteiger partial charge in [-0.3, -0.25) is 0 Å². The second kappa shape index (κ2) is 2.94. The van der Waals surface area contributed by atoms with Crippen molar-refractivity contribution in [1.29, 1.82) is 0 Å². The summed E-state index contributed by atoms with van der Waals surface area (Å²) in [6, 6.07) is 6.74. The molecule has 11 heavy (non-hydrogen) atoms. The van der Waals surface area contributed by atoms with Gasteiger partial charge in [-0.05, 0) is 24.8 Å². The molecule has 1 radical (unpaired) electrons. The van der Waals surface area contributed by atoms with Crippen LogP contribution in [0.4, 0.5) is 0 Å². The van der Waals surface area contributed by atoms with E-state index in [1.807, 2.05) is 11.8 Å². The lowest BCUT2D eigenvalue weighted by atomic mass is 9.72. The predicted molar refractivity (Wildman–Crippen MR) is 52.1 cm³/mol. The van der Waals surface area contributed by atoms with E-state index in [1.54, 1.807) is 0 Å². The number of aryl methyl sites for hydroxylation is 1. The molecule has 1 aromatic rings. The predicted octanol–water partition coefficient (Wildman–Crippen LogP) is 1.71. The summed E-state index contributed by atoms with van der Waals surface area (Å²) in [6.45, 7) is 0. The van der Waals surface area contributed by atoms with E-state index in [2.05, 4.69) is 31.7 Å². The minimum absolute atomic E-state index is 1.23. The van der Waals surface area contributed by atoms with Crippen LogP contribution in [-0.4, -0.2) is 13.5 Å². The molecule has 0 spiro atoms. The van der Waals surface area contributed by atoms with Crippen molar-refractivity contribution in [2.75, 3.05) is 6.26 Å². The van der Waals surface area contributed by atoms with Gasteiger partial charge in [0.15, 0.2) is 7.28 Å². The molecule has 55 valence electrons. The van der Waals surface area contributed by atoms with Crippen LogP contribution >= 0.6 is 11.8 Å². The van der Waals surface area contributed by atoms with Crippen LogP contribution in [0.1, 0.15) is 5.56 Å². The van der Waals surface area contributed by atoms with Gasteiger partial charge in [-0.1, -0.05) is 23.4 Å². The fourth-order valence-electron chi connectivity index (χ4n) is 1.51. The standard InChI is InChI=1S/C9H10BS/c1-11-8-2-3-9-7(6-8)4-5-10-9/h2-3,6H,4-5H2,1H3. The largest absolute Gasteiger partial charge is 0.152 e. The van der Waals surface area contributed by atoms with Gasteiger partial charge in [0.05, 0.1) is 0 Å². The molecule has 0 unspecified atom stereocenters. The van der Waals surface area contributed by atoms with Gasteiger partial charge < -0.3 is 0 Å². The number of hydrogen-bond donors (Lipinski definition) is 0. The average molecular weight is 161 g/mol. The maximum absolute atomic E-state index is 2.32. The van der Waals surface area contributed by atoms with Gasteiger partial charge in [-0.2, -0.15) is 0 Å². The van der Waals surface area contributed by atoms with E-state index >= 15 is 0 Å². The van der Waals surface area contributed by atoms with Gasteiger partial charge in [0.2, 0.25) is 0 Å². The molecule has 2 heteroatoms. The van der Waals surface area contributed by atoms with Crippen LogP contribution in [0.15, 0.2) is 23.1 Å². The van der Waals surface area contributed by atoms with E-state index in [0.717, 1.165) is 0 Å². The molecule has 0 saturated carbocycles. The number of fused-ring (bicyclic) bond motifs is 1. The first kappa shape index (κ1) is 7.29. The highest BCUT2D eigenvalue weighted by molar-refractivity contribution is 7.98. The normalized spacial score (nSPS) is 14.3. The van der Waals surface area contributed by atoms with Crippen molar-refractivity contribution in [2.45, 2.75) is 17.6 Å². The summed E-state index contributed by atoms with van der Waals surface area (Å²) in [5.74, 6) is 0. The Bertz CT molecular complexity index is 270. The molecule has 1 aliphatic rings. The molecule has 0 bridgehead atoms. The minimum atomic E-state index is 1.23. The first-order valence-electron chi connectivity index (χ1n) is 3.90. The SMILES string of the molecule is CSc1ccc2c(c1)CC[B]2. The summed E-state index contributed by atoms with van der Waals surface area (Å²) in [6.07, 6.45) is 4.59. The zero-order valence-corrected chi connectivity index (χ0v) is 7.45. The maximum atomic E-state index is 2.32. The Kier molecular flexibility index (Phi) is 1.95. The van der Waals surface area contributed by atoms with E-state index in [-0.39, 0.29) is 0 Å². The highest BCUT2D eigenvalue weighted by Gasteiger charge is 2.10.